The summed E-state index contributed by atoms with van der Waals surface area (Å²) in [6, 6.07) is 9.94. The molecule has 146 valence electrons. The predicted molar refractivity (Wildman–Crippen MR) is 109 cm³/mol. The van der Waals surface area contributed by atoms with Gasteiger partial charge in [-0.15, -0.1) is 0 Å². The van der Waals surface area contributed by atoms with Crippen LogP contribution in [0.3, 0.4) is 0 Å². The number of fused-ring (bicyclic) bond motifs is 3. The highest BCUT2D eigenvalue weighted by Crippen LogP contribution is 2.32. The van der Waals surface area contributed by atoms with Crippen LogP contribution in [0.25, 0.3) is 10.9 Å². The second-order valence-electron chi connectivity index (χ2n) is 8.20. The number of hydrogen-bond donors (Lipinski definition) is 1. The van der Waals surface area contributed by atoms with Crippen LogP contribution in [0.4, 0.5) is 0 Å². The van der Waals surface area contributed by atoms with Gasteiger partial charge in [-0.05, 0) is 37.8 Å². The normalized spacial score (nSPS) is 19.6. The molecule has 1 aliphatic rings. The average molecular weight is 370 g/mol. The minimum Gasteiger partial charge on any atom is -0.354 e. The zero-order valence-electron chi connectivity index (χ0n) is 16.9. The topological polar surface area (TPSA) is 54.3 Å². The van der Waals surface area contributed by atoms with Gasteiger partial charge < -0.3 is 14.8 Å². The zero-order chi connectivity index (χ0) is 19.6. The molecule has 5 heteroatoms. The predicted octanol–water partition coefficient (Wildman–Crippen LogP) is 3.82. The Labute approximate surface area is 161 Å². The molecule has 0 saturated heterocycles. The van der Waals surface area contributed by atoms with Crippen LogP contribution in [0.1, 0.15) is 57.4 Å². The molecular weight excluding hydrogens is 338 g/mol. The SMILES string of the molecule is CCCCN1C(=O)c2cc3ccccc3n2CC1(C)C(=O)NCCC(C)C. The summed E-state index contributed by atoms with van der Waals surface area (Å²) in [7, 11) is 0. The van der Waals surface area contributed by atoms with E-state index < -0.39 is 5.54 Å². The van der Waals surface area contributed by atoms with E-state index in [9.17, 15) is 9.59 Å². The highest BCUT2D eigenvalue weighted by Gasteiger charge is 2.47. The summed E-state index contributed by atoms with van der Waals surface area (Å²) < 4.78 is 2.02. The quantitative estimate of drug-likeness (QED) is 0.807. The molecular formula is C22H31N3O2. The fraction of sp³-hybridized carbons (Fsp3) is 0.545. The summed E-state index contributed by atoms with van der Waals surface area (Å²) >= 11 is 0. The Kier molecular flexibility index (Phi) is 5.59. The Morgan fingerprint density at radius 1 is 1.30 bits per heavy atom. The van der Waals surface area contributed by atoms with E-state index in [1.165, 1.54) is 0 Å². The van der Waals surface area contributed by atoms with E-state index in [1.54, 1.807) is 4.90 Å². The number of para-hydroxylation sites is 1. The Balaban J connectivity index is 1.97. The fourth-order valence-corrected chi connectivity index (χ4v) is 3.84. The van der Waals surface area contributed by atoms with Crippen LogP contribution in [0.15, 0.2) is 30.3 Å². The van der Waals surface area contributed by atoms with Gasteiger partial charge in [0.25, 0.3) is 5.91 Å². The molecule has 0 radical (unpaired) electrons. The third-order valence-electron chi connectivity index (χ3n) is 5.57. The van der Waals surface area contributed by atoms with Crippen molar-refractivity contribution in [2.45, 2.75) is 59.0 Å². The van der Waals surface area contributed by atoms with Gasteiger partial charge in [-0.25, -0.2) is 0 Å². The first-order valence-electron chi connectivity index (χ1n) is 10.1. The van der Waals surface area contributed by atoms with Gasteiger partial charge in [-0.2, -0.15) is 0 Å². The van der Waals surface area contributed by atoms with Gasteiger partial charge in [-0.1, -0.05) is 45.4 Å². The molecule has 0 saturated carbocycles. The summed E-state index contributed by atoms with van der Waals surface area (Å²) in [5.41, 5.74) is 0.815. The molecule has 1 aliphatic heterocycles. The number of benzene rings is 1. The maximum absolute atomic E-state index is 13.3. The van der Waals surface area contributed by atoms with Crippen molar-refractivity contribution in [1.82, 2.24) is 14.8 Å². The van der Waals surface area contributed by atoms with E-state index in [0.29, 0.717) is 31.2 Å². The maximum Gasteiger partial charge on any atom is 0.271 e. The largest absolute Gasteiger partial charge is 0.354 e. The van der Waals surface area contributed by atoms with Gasteiger partial charge in [0.15, 0.2) is 0 Å². The van der Waals surface area contributed by atoms with Crippen LogP contribution in [0, 0.1) is 5.92 Å². The van der Waals surface area contributed by atoms with Crippen molar-refractivity contribution in [1.29, 1.82) is 0 Å². The van der Waals surface area contributed by atoms with E-state index in [-0.39, 0.29) is 11.8 Å². The van der Waals surface area contributed by atoms with Gasteiger partial charge in [0.2, 0.25) is 5.91 Å². The minimum absolute atomic E-state index is 0.0487. The molecule has 2 aromatic rings. The fourth-order valence-electron chi connectivity index (χ4n) is 3.84. The Morgan fingerprint density at radius 3 is 2.74 bits per heavy atom. The monoisotopic (exact) mass is 369 g/mol. The molecule has 0 bridgehead atoms. The second kappa shape index (κ2) is 7.75. The summed E-state index contributed by atoms with van der Waals surface area (Å²) in [5.74, 6) is 0.422. The van der Waals surface area contributed by atoms with Crippen molar-refractivity contribution in [2.75, 3.05) is 13.1 Å². The lowest BCUT2D eigenvalue weighted by molar-refractivity contribution is -0.132. The third kappa shape index (κ3) is 3.60. The van der Waals surface area contributed by atoms with Crippen molar-refractivity contribution in [3.63, 3.8) is 0 Å². The van der Waals surface area contributed by atoms with E-state index in [0.717, 1.165) is 30.2 Å². The number of carbonyl (C=O) groups is 2. The van der Waals surface area contributed by atoms with Crippen LogP contribution in [0.5, 0.6) is 0 Å². The number of rotatable bonds is 7. The van der Waals surface area contributed by atoms with Crippen LogP contribution in [-0.2, 0) is 11.3 Å². The molecule has 0 aliphatic carbocycles. The van der Waals surface area contributed by atoms with Crippen molar-refractivity contribution in [3.8, 4) is 0 Å². The first kappa shape index (κ1) is 19.5. The molecule has 1 N–H and O–H groups in total. The van der Waals surface area contributed by atoms with Gasteiger partial charge in [0, 0.05) is 24.0 Å². The van der Waals surface area contributed by atoms with E-state index in [2.05, 4.69) is 26.1 Å². The zero-order valence-corrected chi connectivity index (χ0v) is 16.9. The number of nitrogens with zero attached hydrogens (tertiary/aromatic N) is 2. The standard InChI is InChI=1S/C22H31N3O2/c1-5-6-13-25-20(26)19-14-17-9-7-8-10-18(17)24(19)15-22(25,4)21(27)23-12-11-16(2)3/h7-10,14,16H,5-6,11-13,15H2,1-4H3,(H,23,27). The van der Waals surface area contributed by atoms with Crippen molar-refractivity contribution in [3.05, 3.63) is 36.0 Å². The molecule has 27 heavy (non-hydrogen) atoms. The number of nitrogens with one attached hydrogen (secondary N) is 1. The van der Waals surface area contributed by atoms with Gasteiger partial charge in [-0.3, -0.25) is 9.59 Å². The van der Waals surface area contributed by atoms with Crippen LogP contribution in [0.2, 0.25) is 0 Å². The van der Waals surface area contributed by atoms with Crippen LogP contribution >= 0.6 is 0 Å². The lowest BCUT2D eigenvalue weighted by Crippen LogP contribution is -2.64. The van der Waals surface area contributed by atoms with Crippen molar-refractivity contribution in [2.24, 2.45) is 5.92 Å². The molecule has 1 aromatic heterocycles. The molecule has 5 nitrogen and oxygen atoms in total. The molecule has 0 fully saturated rings. The van der Waals surface area contributed by atoms with Crippen LogP contribution < -0.4 is 5.32 Å². The average Bonchev–Trinajstić information content (AvgIpc) is 3.00. The summed E-state index contributed by atoms with van der Waals surface area (Å²) in [4.78, 5) is 28.3. The van der Waals surface area contributed by atoms with Crippen molar-refractivity contribution < 1.29 is 9.59 Å². The lowest BCUT2D eigenvalue weighted by Gasteiger charge is -2.44. The number of amides is 2. The highest BCUT2D eigenvalue weighted by atomic mass is 16.2. The summed E-state index contributed by atoms with van der Waals surface area (Å²) in [6.07, 6.45) is 2.81. The first-order chi connectivity index (χ1) is 12.9. The third-order valence-corrected chi connectivity index (χ3v) is 5.57. The summed E-state index contributed by atoms with van der Waals surface area (Å²) in [6.45, 7) is 10.0. The molecule has 1 atom stereocenters. The van der Waals surface area contributed by atoms with Crippen LogP contribution in [-0.4, -0.2) is 39.9 Å². The van der Waals surface area contributed by atoms with E-state index in [4.69, 9.17) is 0 Å². The van der Waals surface area contributed by atoms with Crippen molar-refractivity contribution >= 4 is 22.7 Å². The van der Waals surface area contributed by atoms with Gasteiger partial charge in [0.1, 0.15) is 11.2 Å². The number of carbonyl (C=O) groups excluding carboxylic acids is 2. The Morgan fingerprint density at radius 2 is 2.04 bits per heavy atom. The Hall–Kier alpha value is -2.30. The molecule has 2 amide bonds. The van der Waals surface area contributed by atoms with E-state index >= 15 is 0 Å². The number of hydrogen-bond acceptors (Lipinski definition) is 2. The first-order valence-corrected chi connectivity index (χ1v) is 10.1. The number of aromatic nitrogens is 1. The van der Waals surface area contributed by atoms with E-state index in [1.807, 2.05) is 41.8 Å². The molecule has 1 aromatic carbocycles. The molecule has 3 rings (SSSR count). The maximum atomic E-state index is 13.3. The Bertz CT molecular complexity index is 839. The molecule has 1 unspecified atom stereocenters. The minimum atomic E-state index is -0.877. The van der Waals surface area contributed by atoms with Gasteiger partial charge in [0.05, 0.1) is 6.54 Å². The highest BCUT2D eigenvalue weighted by molar-refractivity contribution is 6.03. The molecule has 2 heterocycles. The molecule has 0 spiro atoms. The summed E-state index contributed by atoms with van der Waals surface area (Å²) in [5, 5.41) is 4.12. The smallest absolute Gasteiger partial charge is 0.271 e. The lowest BCUT2D eigenvalue weighted by atomic mass is 9.94. The van der Waals surface area contributed by atoms with Gasteiger partial charge >= 0.3 is 0 Å². The number of unbranched alkanes of at least 4 members (excludes halogenated alkanes) is 1. The second-order valence-corrected chi connectivity index (χ2v) is 8.20.